The van der Waals surface area contributed by atoms with E-state index >= 15 is 0 Å². The molecule has 0 amide bonds. The van der Waals surface area contributed by atoms with Crippen LogP contribution in [0.2, 0.25) is 0 Å². The van der Waals surface area contributed by atoms with Crippen LogP contribution in [-0.2, 0) is 4.74 Å². The van der Waals surface area contributed by atoms with Crippen molar-refractivity contribution in [3.05, 3.63) is 67.7 Å². The van der Waals surface area contributed by atoms with Crippen molar-refractivity contribution in [3.63, 3.8) is 0 Å². The van der Waals surface area contributed by atoms with Gasteiger partial charge in [-0.1, -0.05) is 35.4 Å². The Morgan fingerprint density at radius 3 is 2.71 bits per heavy atom. The molecule has 2 aromatic rings. The summed E-state index contributed by atoms with van der Waals surface area (Å²) in [6.07, 6.45) is 9.24. The van der Waals surface area contributed by atoms with Crippen LogP contribution in [0.5, 0.6) is 0 Å². The molecule has 0 spiro atoms. The second kappa shape index (κ2) is 7.64. The molecular formula is C19H21N3O2. The van der Waals surface area contributed by atoms with Crippen LogP contribution in [0, 0.1) is 11.8 Å². The van der Waals surface area contributed by atoms with Crippen molar-refractivity contribution in [1.29, 1.82) is 0 Å². The van der Waals surface area contributed by atoms with Gasteiger partial charge in [-0.3, -0.25) is 0 Å². The number of nitrogens with zero attached hydrogens (tertiary/aromatic N) is 3. The highest BCUT2D eigenvalue weighted by atomic mass is 16.5. The summed E-state index contributed by atoms with van der Waals surface area (Å²) in [5, 5.41) is 8.35. The number of aromatic nitrogens is 2. The molecule has 2 atom stereocenters. The fraction of sp³-hybridized carbons (Fsp3) is 0.263. The van der Waals surface area contributed by atoms with E-state index in [0.717, 1.165) is 18.7 Å². The summed E-state index contributed by atoms with van der Waals surface area (Å²) in [5.41, 5.74) is 0.923. The van der Waals surface area contributed by atoms with Gasteiger partial charge in [0.05, 0.1) is 12.5 Å². The van der Waals surface area contributed by atoms with Crippen LogP contribution >= 0.6 is 0 Å². The SMILES string of the molecule is C=CC1CN(c2nnc(-c3ccccc3)o2)CC1/C=C/O/C=C/C. The molecule has 3 rings (SSSR count). The Kier molecular flexibility index (Phi) is 5.11. The first kappa shape index (κ1) is 16.1. The molecule has 2 heterocycles. The fourth-order valence-electron chi connectivity index (χ4n) is 2.77. The first-order chi connectivity index (χ1) is 11.8. The van der Waals surface area contributed by atoms with Gasteiger partial charge in [-0.25, -0.2) is 0 Å². The first-order valence-electron chi connectivity index (χ1n) is 8.01. The lowest BCUT2D eigenvalue weighted by Crippen LogP contribution is -2.19. The summed E-state index contributed by atoms with van der Waals surface area (Å²) in [4.78, 5) is 2.09. The highest BCUT2D eigenvalue weighted by molar-refractivity contribution is 5.53. The summed E-state index contributed by atoms with van der Waals surface area (Å²) in [6.45, 7) is 7.45. The number of anilines is 1. The molecule has 5 nitrogen and oxygen atoms in total. The van der Waals surface area contributed by atoms with Gasteiger partial charge >= 0.3 is 6.01 Å². The zero-order valence-electron chi connectivity index (χ0n) is 13.7. The lowest BCUT2D eigenvalue weighted by atomic mass is 9.97. The topological polar surface area (TPSA) is 51.4 Å². The Morgan fingerprint density at radius 2 is 1.96 bits per heavy atom. The summed E-state index contributed by atoms with van der Waals surface area (Å²) in [7, 11) is 0. The highest BCUT2D eigenvalue weighted by Crippen LogP contribution is 2.30. The van der Waals surface area contributed by atoms with Crippen LogP contribution < -0.4 is 4.90 Å². The number of benzene rings is 1. The van der Waals surface area contributed by atoms with Gasteiger partial charge in [0.25, 0.3) is 0 Å². The number of ether oxygens (including phenoxy) is 1. The standard InChI is InChI=1S/C19H21N3O2/c1-3-11-23-12-10-17-14-22(13-15(17)4-2)19-21-20-18(24-19)16-8-6-5-7-9-16/h3-12,15,17H,2,13-14H2,1H3/b11-3+,12-10+. The van der Waals surface area contributed by atoms with E-state index < -0.39 is 0 Å². The maximum atomic E-state index is 5.84. The van der Waals surface area contributed by atoms with Gasteiger partial charge in [-0.05, 0) is 25.1 Å². The van der Waals surface area contributed by atoms with Gasteiger partial charge in [-0.2, -0.15) is 0 Å². The van der Waals surface area contributed by atoms with Gasteiger partial charge < -0.3 is 14.1 Å². The van der Waals surface area contributed by atoms with Gasteiger partial charge in [0.1, 0.15) is 0 Å². The van der Waals surface area contributed by atoms with Crippen LogP contribution in [0.25, 0.3) is 11.5 Å². The van der Waals surface area contributed by atoms with Crippen LogP contribution in [-0.4, -0.2) is 23.3 Å². The van der Waals surface area contributed by atoms with Crippen molar-refractivity contribution in [3.8, 4) is 11.5 Å². The second-order valence-electron chi connectivity index (χ2n) is 5.66. The van der Waals surface area contributed by atoms with Crippen molar-refractivity contribution in [2.45, 2.75) is 6.92 Å². The minimum atomic E-state index is 0.305. The summed E-state index contributed by atoms with van der Waals surface area (Å²) < 4.78 is 11.1. The number of allylic oxidation sites excluding steroid dienone is 1. The summed E-state index contributed by atoms with van der Waals surface area (Å²) >= 11 is 0. The smallest absolute Gasteiger partial charge is 0.318 e. The Hall–Kier alpha value is -2.82. The van der Waals surface area contributed by atoms with Crippen molar-refractivity contribution in [1.82, 2.24) is 10.2 Å². The van der Waals surface area contributed by atoms with Crippen molar-refractivity contribution >= 4 is 6.01 Å². The highest BCUT2D eigenvalue weighted by Gasteiger charge is 2.32. The van der Waals surface area contributed by atoms with E-state index in [1.165, 1.54) is 0 Å². The van der Waals surface area contributed by atoms with E-state index in [1.54, 1.807) is 12.5 Å². The Bertz CT molecular complexity index is 721. The monoisotopic (exact) mass is 323 g/mol. The average Bonchev–Trinajstić information content (AvgIpc) is 3.26. The van der Waals surface area contributed by atoms with Gasteiger partial charge in [0.15, 0.2) is 0 Å². The molecule has 1 aromatic heterocycles. The third-order valence-electron chi connectivity index (χ3n) is 4.04. The second-order valence-corrected chi connectivity index (χ2v) is 5.66. The van der Waals surface area contributed by atoms with E-state index in [9.17, 15) is 0 Å². The molecule has 0 N–H and O–H groups in total. The normalized spacial score (nSPS) is 21.0. The summed E-state index contributed by atoms with van der Waals surface area (Å²) in [6, 6.07) is 10.3. The van der Waals surface area contributed by atoms with Gasteiger partial charge in [0.2, 0.25) is 5.89 Å². The molecular weight excluding hydrogens is 302 g/mol. The molecule has 1 aliphatic rings. The van der Waals surface area contributed by atoms with E-state index in [4.69, 9.17) is 9.15 Å². The Labute approximate surface area is 142 Å². The van der Waals surface area contributed by atoms with Crippen molar-refractivity contribution < 1.29 is 9.15 Å². The van der Waals surface area contributed by atoms with E-state index in [1.807, 2.05) is 49.4 Å². The molecule has 0 radical (unpaired) electrons. The first-order valence-corrected chi connectivity index (χ1v) is 8.01. The molecule has 0 bridgehead atoms. The van der Waals surface area contributed by atoms with Crippen LogP contribution in [0.4, 0.5) is 6.01 Å². The Morgan fingerprint density at radius 1 is 1.17 bits per heavy atom. The maximum Gasteiger partial charge on any atom is 0.318 e. The number of rotatable bonds is 6. The third kappa shape index (κ3) is 3.56. The quantitative estimate of drug-likeness (QED) is 0.593. The fourth-order valence-corrected chi connectivity index (χ4v) is 2.77. The maximum absolute atomic E-state index is 5.84. The Balaban J connectivity index is 1.71. The molecule has 24 heavy (non-hydrogen) atoms. The van der Waals surface area contributed by atoms with E-state index in [0.29, 0.717) is 23.7 Å². The van der Waals surface area contributed by atoms with Crippen LogP contribution in [0.1, 0.15) is 6.92 Å². The van der Waals surface area contributed by atoms with E-state index in [-0.39, 0.29) is 0 Å². The van der Waals surface area contributed by atoms with Crippen LogP contribution in [0.15, 0.2) is 72.1 Å². The molecule has 1 aliphatic heterocycles. The van der Waals surface area contributed by atoms with Gasteiger partial charge in [-0.15, -0.1) is 11.7 Å². The zero-order chi connectivity index (χ0) is 16.8. The molecule has 2 unspecified atom stereocenters. The predicted molar refractivity (Wildman–Crippen MR) is 94.2 cm³/mol. The molecule has 1 fully saturated rings. The van der Waals surface area contributed by atoms with Crippen molar-refractivity contribution in [2.24, 2.45) is 11.8 Å². The zero-order valence-corrected chi connectivity index (χ0v) is 13.7. The number of hydrogen-bond donors (Lipinski definition) is 0. The molecule has 5 heteroatoms. The molecule has 0 saturated carbocycles. The summed E-state index contributed by atoms with van der Waals surface area (Å²) in [5.74, 6) is 1.17. The largest absolute Gasteiger partial charge is 0.473 e. The van der Waals surface area contributed by atoms with Gasteiger partial charge in [0, 0.05) is 30.5 Å². The van der Waals surface area contributed by atoms with Crippen molar-refractivity contribution in [2.75, 3.05) is 18.0 Å². The lowest BCUT2D eigenvalue weighted by Gasteiger charge is -2.11. The third-order valence-corrected chi connectivity index (χ3v) is 4.04. The molecule has 1 aromatic carbocycles. The minimum absolute atomic E-state index is 0.305. The minimum Gasteiger partial charge on any atom is -0.473 e. The predicted octanol–water partition coefficient (Wildman–Crippen LogP) is 4.04. The molecule has 1 saturated heterocycles. The molecule has 124 valence electrons. The lowest BCUT2D eigenvalue weighted by molar-refractivity contribution is 0.394. The van der Waals surface area contributed by atoms with E-state index in [2.05, 4.69) is 27.8 Å². The average molecular weight is 323 g/mol. The van der Waals surface area contributed by atoms with Crippen LogP contribution in [0.3, 0.4) is 0 Å². The number of hydrogen-bond acceptors (Lipinski definition) is 5. The molecule has 0 aliphatic carbocycles.